The number of carbonyl (C=O) groups is 1. The van der Waals surface area contributed by atoms with Crippen LogP contribution in [0.5, 0.6) is 0 Å². The smallest absolute Gasteiger partial charge is 0.274 e. The number of nitrogens with zero attached hydrogens (tertiary/aromatic N) is 3. The average molecular weight is 234 g/mol. The predicted octanol–water partition coefficient (Wildman–Crippen LogP) is 0.607. The van der Waals surface area contributed by atoms with E-state index < -0.39 is 0 Å². The van der Waals surface area contributed by atoms with E-state index in [-0.39, 0.29) is 11.9 Å². The fourth-order valence-corrected chi connectivity index (χ4v) is 1.95. The van der Waals surface area contributed by atoms with E-state index in [1.54, 1.807) is 12.4 Å². The zero-order chi connectivity index (χ0) is 12.4. The van der Waals surface area contributed by atoms with Crippen LogP contribution in [-0.2, 0) is 0 Å². The van der Waals surface area contributed by atoms with Crippen molar-refractivity contribution < 1.29 is 4.79 Å². The molecule has 17 heavy (non-hydrogen) atoms. The summed E-state index contributed by atoms with van der Waals surface area (Å²) in [4.78, 5) is 22.4. The van der Waals surface area contributed by atoms with Gasteiger partial charge in [0.25, 0.3) is 5.91 Å². The van der Waals surface area contributed by atoms with Crippen molar-refractivity contribution in [1.82, 2.24) is 20.2 Å². The van der Waals surface area contributed by atoms with Gasteiger partial charge < -0.3 is 10.2 Å². The number of carbonyl (C=O) groups excluding carboxylic acids is 1. The molecule has 1 aromatic heterocycles. The third-order valence-corrected chi connectivity index (χ3v) is 3.03. The lowest BCUT2D eigenvalue weighted by Crippen LogP contribution is -2.56. The lowest BCUT2D eigenvalue weighted by atomic mass is 10.1. The number of aromatic nitrogens is 2. The quantitative estimate of drug-likeness (QED) is 0.773. The largest absolute Gasteiger partial charge is 0.332 e. The minimum atomic E-state index is -0.0293. The van der Waals surface area contributed by atoms with Gasteiger partial charge in [-0.3, -0.25) is 9.78 Å². The standard InChI is InChI=1S/C12H18N4O/c1-8-4-15-11(6-14-8)12(17)16-7-9(2)13-5-10(16)3/h4,6,9-10,13H,5,7H2,1-3H3. The molecule has 5 heteroatoms. The molecule has 1 N–H and O–H groups in total. The molecule has 1 fully saturated rings. The molecule has 92 valence electrons. The Balaban J connectivity index is 2.15. The zero-order valence-corrected chi connectivity index (χ0v) is 10.5. The normalized spacial score (nSPS) is 24.8. The van der Waals surface area contributed by atoms with Crippen molar-refractivity contribution in [1.29, 1.82) is 0 Å². The lowest BCUT2D eigenvalue weighted by Gasteiger charge is -2.37. The summed E-state index contributed by atoms with van der Waals surface area (Å²) in [5.74, 6) is -0.0293. The second kappa shape index (κ2) is 4.79. The summed E-state index contributed by atoms with van der Waals surface area (Å²) < 4.78 is 0. The number of rotatable bonds is 1. The van der Waals surface area contributed by atoms with E-state index in [0.717, 1.165) is 18.8 Å². The minimum absolute atomic E-state index is 0.0293. The molecule has 2 rings (SSSR count). The fourth-order valence-electron chi connectivity index (χ4n) is 1.95. The first kappa shape index (κ1) is 12.0. The van der Waals surface area contributed by atoms with Crippen LogP contribution in [0.3, 0.4) is 0 Å². The Morgan fingerprint density at radius 2 is 2.18 bits per heavy atom. The predicted molar refractivity (Wildman–Crippen MR) is 64.7 cm³/mol. The number of nitrogens with one attached hydrogen (secondary N) is 1. The van der Waals surface area contributed by atoms with E-state index in [1.165, 1.54) is 0 Å². The van der Waals surface area contributed by atoms with E-state index in [1.807, 2.05) is 18.7 Å². The average Bonchev–Trinajstić information content (AvgIpc) is 2.32. The first-order valence-electron chi connectivity index (χ1n) is 5.91. The van der Waals surface area contributed by atoms with Crippen LogP contribution in [0.25, 0.3) is 0 Å². The van der Waals surface area contributed by atoms with Crippen molar-refractivity contribution in [2.75, 3.05) is 13.1 Å². The Labute approximate surface area is 101 Å². The van der Waals surface area contributed by atoms with Crippen LogP contribution >= 0.6 is 0 Å². The molecule has 1 aliphatic rings. The van der Waals surface area contributed by atoms with Crippen LogP contribution in [0.15, 0.2) is 12.4 Å². The molecule has 1 aliphatic heterocycles. The minimum Gasteiger partial charge on any atom is -0.332 e. The highest BCUT2D eigenvalue weighted by atomic mass is 16.2. The van der Waals surface area contributed by atoms with Crippen LogP contribution in [0.2, 0.25) is 0 Å². The van der Waals surface area contributed by atoms with Gasteiger partial charge >= 0.3 is 0 Å². The highest BCUT2D eigenvalue weighted by Crippen LogP contribution is 2.10. The van der Waals surface area contributed by atoms with Crippen LogP contribution < -0.4 is 5.32 Å². The van der Waals surface area contributed by atoms with Gasteiger partial charge in [-0.25, -0.2) is 4.98 Å². The van der Waals surface area contributed by atoms with E-state index in [9.17, 15) is 4.79 Å². The van der Waals surface area contributed by atoms with Gasteiger partial charge in [0.05, 0.1) is 11.9 Å². The molecule has 1 amide bonds. The van der Waals surface area contributed by atoms with Gasteiger partial charge in [-0.1, -0.05) is 0 Å². The van der Waals surface area contributed by atoms with Gasteiger partial charge in [0.1, 0.15) is 5.69 Å². The Morgan fingerprint density at radius 3 is 2.82 bits per heavy atom. The number of hydrogen-bond donors (Lipinski definition) is 1. The number of amides is 1. The molecular weight excluding hydrogens is 216 g/mol. The molecule has 2 atom stereocenters. The maximum Gasteiger partial charge on any atom is 0.274 e. The summed E-state index contributed by atoms with van der Waals surface area (Å²) in [6, 6.07) is 0.523. The molecule has 0 aromatic carbocycles. The number of aryl methyl sites for hydroxylation is 1. The first-order chi connectivity index (χ1) is 8.08. The number of hydrogen-bond acceptors (Lipinski definition) is 4. The molecule has 2 unspecified atom stereocenters. The molecule has 5 nitrogen and oxygen atoms in total. The summed E-state index contributed by atoms with van der Waals surface area (Å²) >= 11 is 0. The van der Waals surface area contributed by atoms with Crippen LogP contribution in [0.1, 0.15) is 30.0 Å². The van der Waals surface area contributed by atoms with Gasteiger partial charge in [0.2, 0.25) is 0 Å². The Kier molecular flexibility index (Phi) is 3.38. The maximum atomic E-state index is 12.3. The van der Waals surface area contributed by atoms with Crippen molar-refractivity contribution in [3.63, 3.8) is 0 Å². The van der Waals surface area contributed by atoms with E-state index in [4.69, 9.17) is 0 Å². The highest BCUT2D eigenvalue weighted by Gasteiger charge is 2.27. The van der Waals surface area contributed by atoms with Crippen LogP contribution in [-0.4, -0.2) is 45.9 Å². The van der Waals surface area contributed by atoms with Gasteiger partial charge in [-0.15, -0.1) is 0 Å². The summed E-state index contributed by atoms with van der Waals surface area (Å²) in [7, 11) is 0. The van der Waals surface area contributed by atoms with Crippen molar-refractivity contribution >= 4 is 5.91 Å². The summed E-state index contributed by atoms with van der Waals surface area (Å²) in [6.07, 6.45) is 3.18. The van der Waals surface area contributed by atoms with E-state index >= 15 is 0 Å². The van der Waals surface area contributed by atoms with Crippen molar-refractivity contribution in [3.8, 4) is 0 Å². The Morgan fingerprint density at radius 1 is 1.41 bits per heavy atom. The fraction of sp³-hybridized carbons (Fsp3) is 0.583. The molecule has 1 aromatic rings. The lowest BCUT2D eigenvalue weighted by molar-refractivity contribution is 0.0610. The first-order valence-corrected chi connectivity index (χ1v) is 5.91. The van der Waals surface area contributed by atoms with E-state index in [0.29, 0.717) is 11.7 Å². The Bertz CT molecular complexity index is 403. The SMILES string of the molecule is Cc1cnc(C(=O)N2CC(C)NCC2C)cn1. The monoisotopic (exact) mass is 234 g/mol. The highest BCUT2D eigenvalue weighted by molar-refractivity contribution is 5.92. The Hall–Kier alpha value is -1.49. The molecular formula is C12H18N4O. The second-order valence-corrected chi connectivity index (χ2v) is 4.66. The van der Waals surface area contributed by atoms with Crippen molar-refractivity contribution in [3.05, 3.63) is 23.8 Å². The van der Waals surface area contributed by atoms with Gasteiger partial charge in [0, 0.05) is 31.4 Å². The molecule has 0 radical (unpaired) electrons. The molecule has 0 saturated carbocycles. The molecule has 0 spiro atoms. The van der Waals surface area contributed by atoms with Crippen LogP contribution in [0.4, 0.5) is 0 Å². The number of piperazine rings is 1. The summed E-state index contributed by atoms with van der Waals surface area (Å²) in [5, 5.41) is 3.35. The zero-order valence-electron chi connectivity index (χ0n) is 10.5. The molecule has 2 heterocycles. The maximum absolute atomic E-state index is 12.3. The molecule has 0 bridgehead atoms. The molecule has 0 aliphatic carbocycles. The van der Waals surface area contributed by atoms with Crippen LogP contribution in [0, 0.1) is 6.92 Å². The summed E-state index contributed by atoms with van der Waals surface area (Å²) in [6.45, 7) is 7.52. The van der Waals surface area contributed by atoms with Gasteiger partial charge in [-0.05, 0) is 20.8 Å². The second-order valence-electron chi connectivity index (χ2n) is 4.66. The van der Waals surface area contributed by atoms with E-state index in [2.05, 4.69) is 22.2 Å². The topological polar surface area (TPSA) is 58.1 Å². The summed E-state index contributed by atoms with van der Waals surface area (Å²) in [5.41, 5.74) is 1.25. The van der Waals surface area contributed by atoms with Crippen molar-refractivity contribution in [2.24, 2.45) is 0 Å². The third-order valence-electron chi connectivity index (χ3n) is 3.03. The molecule has 1 saturated heterocycles. The van der Waals surface area contributed by atoms with Gasteiger partial charge in [0.15, 0.2) is 0 Å². The van der Waals surface area contributed by atoms with Gasteiger partial charge in [-0.2, -0.15) is 0 Å². The van der Waals surface area contributed by atoms with Crippen molar-refractivity contribution in [2.45, 2.75) is 32.9 Å². The third kappa shape index (κ3) is 2.61.